The molecule has 4 aromatic rings. The van der Waals surface area contributed by atoms with Crippen molar-refractivity contribution in [2.75, 3.05) is 12.0 Å². The predicted molar refractivity (Wildman–Crippen MR) is 117 cm³/mol. The van der Waals surface area contributed by atoms with Gasteiger partial charge in [0.2, 0.25) is 0 Å². The molecule has 29 heavy (non-hydrogen) atoms. The van der Waals surface area contributed by atoms with Crippen LogP contribution >= 0.6 is 11.3 Å². The number of thiazole rings is 1. The van der Waals surface area contributed by atoms with Gasteiger partial charge in [-0.1, -0.05) is 23.5 Å². The van der Waals surface area contributed by atoms with Gasteiger partial charge in [0.05, 0.1) is 23.9 Å². The molecule has 2 aromatic heterocycles. The number of carbonyl (C=O) groups excluding carboxylic acids is 1. The molecular weight excluding hydrogens is 382 g/mol. The lowest BCUT2D eigenvalue weighted by Gasteiger charge is -2.20. The lowest BCUT2D eigenvalue weighted by Crippen LogP contribution is -2.30. The monoisotopic (exact) mass is 403 g/mol. The van der Waals surface area contributed by atoms with Crippen molar-refractivity contribution in [3.63, 3.8) is 0 Å². The summed E-state index contributed by atoms with van der Waals surface area (Å²) in [6.45, 7) is 4.52. The van der Waals surface area contributed by atoms with E-state index in [1.54, 1.807) is 48.7 Å². The summed E-state index contributed by atoms with van der Waals surface area (Å²) in [7, 11) is 1.61. The molecule has 0 spiro atoms. The summed E-state index contributed by atoms with van der Waals surface area (Å²) in [5.41, 5.74) is 4.77. The molecule has 2 heterocycles. The summed E-state index contributed by atoms with van der Waals surface area (Å²) in [4.78, 5) is 24.1. The van der Waals surface area contributed by atoms with Crippen LogP contribution in [0.5, 0.6) is 5.75 Å². The predicted octanol–water partition coefficient (Wildman–Crippen LogP) is 5.16. The lowest BCUT2D eigenvalue weighted by molar-refractivity contribution is 0.0985. The minimum absolute atomic E-state index is 0.107. The Morgan fingerprint density at radius 2 is 1.93 bits per heavy atom. The zero-order valence-electron chi connectivity index (χ0n) is 16.5. The molecule has 0 aliphatic heterocycles. The smallest absolute Gasteiger partial charge is 0.260 e. The molecule has 0 aliphatic rings. The second kappa shape index (κ2) is 8.01. The van der Waals surface area contributed by atoms with Crippen LogP contribution in [0.2, 0.25) is 0 Å². The van der Waals surface area contributed by atoms with E-state index in [0.717, 1.165) is 21.3 Å². The maximum atomic E-state index is 13.4. The number of pyridine rings is 1. The van der Waals surface area contributed by atoms with Crippen LogP contribution in [0.1, 0.15) is 27.0 Å². The van der Waals surface area contributed by atoms with Gasteiger partial charge in [-0.3, -0.25) is 14.7 Å². The summed E-state index contributed by atoms with van der Waals surface area (Å²) in [5.74, 6) is 0.608. The van der Waals surface area contributed by atoms with Gasteiger partial charge in [0.1, 0.15) is 5.75 Å². The number of amides is 1. The third-order valence-corrected chi connectivity index (χ3v) is 5.72. The van der Waals surface area contributed by atoms with Crippen LogP contribution in [-0.2, 0) is 6.54 Å². The Balaban J connectivity index is 1.77. The minimum Gasteiger partial charge on any atom is -0.497 e. The summed E-state index contributed by atoms with van der Waals surface area (Å²) in [6, 6.07) is 15.2. The molecule has 1 amide bonds. The number of aromatic nitrogens is 2. The number of anilines is 1. The van der Waals surface area contributed by atoms with Crippen molar-refractivity contribution < 1.29 is 9.53 Å². The molecule has 6 heteroatoms. The maximum Gasteiger partial charge on any atom is 0.260 e. The molecule has 0 N–H and O–H groups in total. The van der Waals surface area contributed by atoms with Crippen LogP contribution in [0.15, 0.2) is 60.9 Å². The number of methoxy groups -OCH3 is 1. The molecule has 0 saturated heterocycles. The normalized spacial score (nSPS) is 10.9. The first-order chi connectivity index (χ1) is 14.0. The highest BCUT2D eigenvalue weighted by atomic mass is 32.1. The largest absolute Gasteiger partial charge is 0.497 e. The first-order valence-corrected chi connectivity index (χ1v) is 10.1. The zero-order chi connectivity index (χ0) is 20.4. The van der Waals surface area contributed by atoms with Crippen molar-refractivity contribution in [2.24, 2.45) is 0 Å². The molecule has 0 atom stereocenters. The van der Waals surface area contributed by atoms with Crippen LogP contribution in [0, 0.1) is 13.8 Å². The van der Waals surface area contributed by atoms with Gasteiger partial charge in [-0.05, 0) is 66.9 Å². The van der Waals surface area contributed by atoms with Crippen LogP contribution in [0.25, 0.3) is 10.2 Å². The number of aryl methyl sites for hydroxylation is 2. The number of nitrogens with zero attached hydrogens (tertiary/aromatic N) is 3. The fraction of sp³-hybridized carbons (Fsp3) is 0.174. The lowest BCUT2D eigenvalue weighted by atomic mass is 10.1. The Morgan fingerprint density at radius 1 is 1.14 bits per heavy atom. The molecule has 0 fully saturated rings. The van der Waals surface area contributed by atoms with Gasteiger partial charge >= 0.3 is 0 Å². The molecule has 0 saturated carbocycles. The van der Waals surface area contributed by atoms with Crippen LogP contribution < -0.4 is 9.64 Å². The van der Waals surface area contributed by atoms with Gasteiger partial charge in [-0.25, -0.2) is 4.98 Å². The third-order valence-electron chi connectivity index (χ3n) is 4.70. The van der Waals surface area contributed by atoms with E-state index in [1.165, 1.54) is 16.9 Å². The van der Waals surface area contributed by atoms with Crippen molar-refractivity contribution >= 4 is 32.6 Å². The van der Waals surface area contributed by atoms with Crippen LogP contribution in [0.3, 0.4) is 0 Å². The highest BCUT2D eigenvalue weighted by Gasteiger charge is 2.22. The van der Waals surface area contributed by atoms with E-state index in [2.05, 4.69) is 31.0 Å². The standard InChI is InChI=1S/C23H21N3O2S/c1-15-11-16(2)21-20(12-15)29-23(25-21)26(14-17-5-4-10-24-13-17)22(27)18-6-8-19(28-3)9-7-18/h4-13H,14H2,1-3H3. The second-order valence-corrected chi connectivity index (χ2v) is 7.92. The first kappa shape index (κ1) is 19.1. The van der Waals surface area contributed by atoms with Gasteiger partial charge in [-0.2, -0.15) is 0 Å². The number of hydrogen-bond acceptors (Lipinski definition) is 5. The van der Waals surface area contributed by atoms with E-state index in [4.69, 9.17) is 9.72 Å². The number of ether oxygens (including phenoxy) is 1. The van der Waals surface area contributed by atoms with Crippen LogP contribution in [-0.4, -0.2) is 23.0 Å². The van der Waals surface area contributed by atoms with E-state index >= 15 is 0 Å². The fourth-order valence-electron chi connectivity index (χ4n) is 3.26. The van der Waals surface area contributed by atoms with Crippen molar-refractivity contribution in [3.05, 3.63) is 83.2 Å². The molecule has 0 radical (unpaired) electrons. The van der Waals surface area contributed by atoms with Gasteiger partial charge in [0.15, 0.2) is 5.13 Å². The average molecular weight is 404 g/mol. The summed E-state index contributed by atoms with van der Waals surface area (Å²) < 4.78 is 6.29. The van der Waals surface area contributed by atoms with E-state index in [-0.39, 0.29) is 5.91 Å². The topological polar surface area (TPSA) is 55.3 Å². The summed E-state index contributed by atoms with van der Waals surface area (Å²) in [5, 5.41) is 0.679. The zero-order valence-corrected chi connectivity index (χ0v) is 17.4. The van der Waals surface area contributed by atoms with Gasteiger partial charge < -0.3 is 4.74 Å². The van der Waals surface area contributed by atoms with Crippen LogP contribution in [0.4, 0.5) is 5.13 Å². The Hall–Kier alpha value is -3.25. The van der Waals surface area contributed by atoms with Crippen molar-refractivity contribution in [3.8, 4) is 5.75 Å². The molecular formula is C23H21N3O2S. The van der Waals surface area contributed by atoms with E-state index in [1.807, 2.05) is 12.1 Å². The van der Waals surface area contributed by atoms with E-state index < -0.39 is 0 Å². The Labute approximate surface area is 173 Å². The fourth-order valence-corrected chi connectivity index (χ4v) is 4.40. The van der Waals surface area contributed by atoms with Crippen molar-refractivity contribution in [1.82, 2.24) is 9.97 Å². The first-order valence-electron chi connectivity index (χ1n) is 9.28. The van der Waals surface area contributed by atoms with Crippen molar-refractivity contribution in [1.29, 1.82) is 0 Å². The number of fused-ring (bicyclic) bond motifs is 1. The van der Waals surface area contributed by atoms with E-state index in [9.17, 15) is 4.79 Å². The highest BCUT2D eigenvalue weighted by molar-refractivity contribution is 7.22. The van der Waals surface area contributed by atoms with Crippen molar-refractivity contribution in [2.45, 2.75) is 20.4 Å². The van der Waals surface area contributed by atoms with Gasteiger partial charge in [0.25, 0.3) is 5.91 Å². The van der Waals surface area contributed by atoms with E-state index in [0.29, 0.717) is 23.0 Å². The Bertz CT molecular complexity index is 1150. The number of benzene rings is 2. The summed E-state index contributed by atoms with van der Waals surface area (Å²) in [6.07, 6.45) is 3.50. The Morgan fingerprint density at radius 3 is 2.62 bits per heavy atom. The SMILES string of the molecule is COc1ccc(C(=O)N(Cc2cccnc2)c2nc3c(C)cc(C)cc3s2)cc1. The minimum atomic E-state index is -0.107. The average Bonchev–Trinajstić information content (AvgIpc) is 3.16. The molecule has 2 aromatic carbocycles. The third kappa shape index (κ3) is 3.98. The molecule has 5 nitrogen and oxygen atoms in total. The molecule has 0 aliphatic carbocycles. The number of hydrogen-bond donors (Lipinski definition) is 0. The summed E-state index contributed by atoms with van der Waals surface area (Å²) >= 11 is 1.53. The maximum absolute atomic E-state index is 13.4. The molecule has 0 bridgehead atoms. The quantitative estimate of drug-likeness (QED) is 0.462. The number of rotatable bonds is 5. The molecule has 4 rings (SSSR count). The number of carbonyl (C=O) groups is 1. The highest BCUT2D eigenvalue weighted by Crippen LogP contribution is 2.33. The molecule has 0 unspecified atom stereocenters. The second-order valence-electron chi connectivity index (χ2n) is 6.91. The Kier molecular flexibility index (Phi) is 5.27. The molecule has 146 valence electrons. The van der Waals surface area contributed by atoms with Gasteiger partial charge in [0, 0.05) is 18.0 Å². The van der Waals surface area contributed by atoms with Gasteiger partial charge in [-0.15, -0.1) is 0 Å².